The van der Waals surface area contributed by atoms with Gasteiger partial charge in [-0.3, -0.25) is 4.68 Å². The molecule has 1 aromatic rings. The van der Waals surface area contributed by atoms with E-state index in [4.69, 9.17) is 5.26 Å². The van der Waals surface area contributed by atoms with Crippen molar-refractivity contribution in [3.8, 4) is 6.07 Å². The zero-order chi connectivity index (χ0) is 23.4. The first-order chi connectivity index (χ1) is 15.8. The Morgan fingerprint density at radius 3 is 2.73 bits per heavy atom. The summed E-state index contributed by atoms with van der Waals surface area (Å²) in [6.07, 6.45) is 14.5. The Balaban J connectivity index is 1.31. The van der Waals surface area contributed by atoms with Crippen LogP contribution < -0.4 is 0 Å². The van der Waals surface area contributed by atoms with E-state index in [9.17, 15) is 10.2 Å². The molecule has 4 aliphatic carbocycles. The first-order valence-electron chi connectivity index (χ1n) is 13.6. The average Bonchev–Trinajstić information content (AvgIpc) is 3.33. The Morgan fingerprint density at radius 2 is 2.00 bits per heavy atom. The lowest BCUT2D eigenvalue weighted by molar-refractivity contribution is -0.111. The molecule has 0 aliphatic heterocycles. The average molecular weight is 454 g/mol. The standard InChI is InChI=1S/C28H43N3O2/c1-4-9-28(33)11-8-21-20(13-28)5-6-23-22(21)7-10-27(3)24(23)12-25(32)26(27)18(2)16-31-17-19(14-29)15-30-31/h15,17-18,20-26,32-33H,4-13,16H2,1-3H3/t18-,20+,21-,22+,23+,24-,25+,26-,27-,28+/m0/s1. The molecule has 33 heavy (non-hydrogen) atoms. The van der Waals surface area contributed by atoms with E-state index in [1.54, 1.807) is 6.20 Å². The largest absolute Gasteiger partial charge is 0.393 e. The van der Waals surface area contributed by atoms with Gasteiger partial charge < -0.3 is 10.2 Å². The van der Waals surface area contributed by atoms with Crippen molar-refractivity contribution in [2.75, 3.05) is 0 Å². The highest BCUT2D eigenvalue weighted by Crippen LogP contribution is 2.65. The van der Waals surface area contributed by atoms with Gasteiger partial charge in [0, 0.05) is 12.7 Å². The van der Waals surface area contributed by atoms with E-state index in [0.29, 0.717) is 23.3 Å². The lowest BCUT2D eigenvalue weighted by Gasteiger charge is -2.57. The maximum absolute atomic E-state index is 11.3. The van der Waals surface area contributed by atoms with E-state index in [-0.39, 0.29) is 17.4 Å². The molecule has 5 rings (SSSR count). The summed E-state index contributed by atoms with van der Waals surface area (Å²) in [6, 6.07) is 2.17. The second-order valence-corrected chi connectivity index (χ2v) is 12.6. The molecule has 0 unspecified atom stereocenters. The van der Waals surface area contributed by atoms with Crippen molar-refractivity contribution in [2.45, 2.75) is 103 Å². The normalized spacial score (nSPS) is 45.5. The monoisotopic (exact) mass is 453 g/mol. The summed E-state index contributed by atoms with van der Waals surface area (Å²) >= 11 is 0. The lowest BCUT2D eigenvalue weighted by atomic mass is 9.48. The maximum atomic E-state index is 11.3. The van der Waals surface area contributed by atoms with E-state index < -0.39 is 5.60 Å². The summed E-state index contributed by atoms with van der Waals surface area (Å²) < 4.78 is 1.89. The molecule has 2 N–H and O–H groups in total. The maximum Gasteiger partial charge on any atom is 0.102 e. The minimum absolute atomic E-state index is 0.190. The van der Waals surface area contributed by atoms with E-state index >= 15 is 0 Å². The van der Waals surface area contributed by atoms with Gasteiger partial charge in [-0.1, -0.05) is 27.2 Å². The molecule has 5 nitrogen and oxygen atoms in total. The number of nitriles is 1. The van der Waals surface area contributed by atoms with Crippen LogP contribution >= 0.6 is 0 Å². The number of aromatic nitrogens is 2. The van der Waals surface area contributed by atoms with E-state index in [1.165, 1.54) is 32.1 Å². The summed E-state index contributed by atoms with van der Waals surface area (Å²) in [4.78, 5) is 0. The Bertz CT molecular complexity index is 892. The van der Waals surface area contributed by atoms with Crippen LogP contribution in [0.25, 0.3) is 0 Å². The number of aliphatic hydroxyl groups is 2. The lowest BCUT2D eigenvalue weighted by Crippen LogP contribution is -2.51. The number of hydrogen-bond donors (Lipinski definition) is 2. The van der Waals surface area contributed by atoms with Gasteiger partial charge in [-0.2, -0.15) is 10.4 Å². The molecular formula is C28H43N3O2. The van der Waals surface area contributed by atoms with Crippen LogP contribution in [0.5, 0.6) is 0 Å². The van der Waals surface area contributed by atoms with Gasteiger partial charge in [-0.05, 0) is 105 Å². The molecule has 4 aliphatic rings. The number of fused-ring (bicyclic) bond motifs is 5. The summed E-state index contributed by atoms with van der Waals surface area (Å²) in [5.74, 6) is 4.25. The third-order valence-electron chi connectivity index (χ3n) is 10.8. The smallest absolute Gasteiger partial charge is 0.102 e. The molecule has 1 heterocycles. The van der Waals surface area contributed by atoms with Gasteiger partial charge in [0.1, 0.15) is 6.07 Å². The topological polar surface area (TPSA) is 82.1 Å². The molecular weight excluding hydrogens is 410 g/mol. The Hall–Kier alpha value is -1.38. The van der Waals surface area contributed by atoms with Gasteiger partial charge in [-0.25, -0.2) is 0 Å². The van der Waals surface area contributed by atoms with E-state index in [0.717, 1.165) is 56.4 Å². The molecule has 0 aromatic carbocycles. The van der Waals surface area contributed by atoms with Crippen LogP contribution in [0, 0.1) is 58.2 Å². The van der Waals surface area contributed by atoms with Crippen LogP contribution in [-0.2, 0) is 6.54 Å². The fourth-order valence-electron chi connectivity index (χ4n) is 9.67. The van der Waals surface area contributed by atoms with Crippen LogP contribution in [0.1, 0.15) is 90.5 Å². The van der Waals surface area contributed by atoms with E-state index in [1.807, 2.05) is 10.9 Å². The molecule has 1 aromatic heterocycles. The summed E-state index contributed by atoms with van der Waals surface area (Å²) in [6.45, 7) is 7.71. The van der Waals surface area contributed by atoms with Crippen LogP contribution in [0.2, 0.25) is 0 Å². The van der Waals surface area contributed by atoms with Crippen molar-refractivity contribution in [1.29, 1.82) is 5.26 Å². The summed E-state index contributed by atoms with van der Waals surface area (Å²) in [5.41, 5.74) is 0.387. The molecule has 0 amide bonds. The van der Waals surface area contributed by atoms with Gasteiger partial charge in [0.2, 0.25) is 0 Å². The Labute approximate surface area is 199 Å². The highest BCUT2D eigenvalue weighted by molar-refractivity contribution is 5.21. The first kappa shape index (κ1) is 23.4. The van der Waals surface area contributed by atoms with Gasteiger partial charge in [-0.15, -0.1) is 0 Å². The second kappa shape index (κ2) is 8.68. The number of rotatable bonds is 5. The van der Waals surface area contributed by atoms with Crippen LogP contribution in [-0.4, -0.2) is 31.7 Å². The molecule has 4 saturated carbocycles. The third-order valence-corrected chi connectivity index (χ3v) is 10.8. The number of hydrogen-bond acceptors (Lipinski definition) is 4. The van der Waals surface area contributed by atoms with Crippen LogP contribution in [0.3, 0.4) is 0 Å². The minimum Gasteiger partial charge on any atom is -0.393 e. The predicted octanol–water partition coefficient (Wildman–Crippen LogP) is 5.16. The van der Waals surface area contributed by atoms with Crippen molar-refractivity contribution in [1.82, 2.24) is 9.78 Å². The van der Waals surface area contributed by atoms with Crippen molar-refractivity contribution in [3.63, 3.8) is 0 Å². The molecule has 4 fully saturated rings. The van der Waals surface area contributed by atoms with Gasteiger partial charge in [0.15, 0.2) is 0 Å². The molecule has 0 radical (unpaired) electrons. The number of nitrogens with zero attached hydrogens (tertiary/aromatic N) is 3. The molecule has 0 saturated heterocycles. The van der Waals surface area contributed by atoms with Crippen molar-refractivity contribution < 1.29 is 10.2 Å². The summed E-state index contributed by atoms with van der Waals surface area (Å²) in [5, 5.41) is 35.9. The molecule has 182 valence electrons. The molecule has 5 heteroatoms. The van der Waals surface area contributed by atoms with Crippen molar-refractivity contribution in [2.24, 2.45) is 46.8 Å². The zero-order valence-corrected chi connectivity index (χ0v) is 20.8. The highest BCUT2D eigenvalue weighted by Gasteiger charge is 2.61. The minimum atomic E-state index is -0.409. The van der Waals surface area contributed by atoms with Crippen LogP contribution in [0.15, 0.2) is 12.4 Å². The fraction of sp³-hybridized carbons (Fsp3) is 0.857. The Kier molecular flexibility index (Phi) is 6.15. The highest BCUT2D eigenvalue weighted by atomic mass is 16.3. The van der Waals surface area contributed by atoms with Gasteiger partial charge in [0.25, 0.3) is 0 Å². The van der Waals surface area contributed by atoms with E-state index in [2.05, 4.69) is 31.9 Å². The van der Waals surface area contributed by atoms with Gasteiger partial charge >= 0.3 is 0 Å². The predicted molar refractivity (Wildman–Crippen MR) is 128 cm³/mol. The second-order valence-electron chi connectivity index (χ2n) is 12.6. The molecule has 10 atom stereocenters. The molecule has 0 spiro atoms. The molecule has 0 bridgehead atoms. The van der Waals surface area contributed by atoms with Crippen molar-refractivity contribution in [3.05, 3.63) is 18.0 Å². The quantitative estimate of drug-likeness (QED) is 0.645. The summed E-state index contributed by atoms with van der Waals surface area (Å²) in [7, 11) is 0. The van der Waals surface area contributed by atoms with Crippen LogP contribution in [0.4, 0.5) is 0 Å². The Morgan fingerprint density at radius 1 is 1.21 bits per heavy atom. The van der Waals surface area contributed by atoms with Crippen molar-refractivity contribution >= 4 is 0 Å². The fourth-order valence-corrected chi connectivity index (χ4v) is 9.67. The van der Waals surface area contributed by atoms with Gasteiger partial charge in [0.05, 0.1) is 23.5 Å². The SMILES string of the molecule is CCC[C@@]1(O)CC[C@H]2[C@H](CC[C@@H]3[C@@H]2CC[C@]2(C)[C@@H]([C@@H](C)Cn4cc(C#N)cn4)[C@H](O)C[C@@H]32)C1. The first-order valence-corrected chi connectivity index (χ1v) is 13.6. The third kappa shape index (κ3) is 3.96. The number of aliphatic hydroxyl groups excluding tert-OH is 1. The zero-order valence-electron chi connectivity index (χ0n) is 20.8.